The standard InChI is InChI=1S/C24H27N5O2S/c30-23(19-1-5-21(6-2-19)28-14-16-31-17-15-28)26-20-3-7-22(8-4-20)27-10-12-29(13-11-27)24-25-9-18-32-24/h1-9,18H,10-17H2,(H,26,30). The number of carbonyl (C=O) groups excluding carboxylic acids is 1. The topological polar surface area (TPSA) is 60.9 Å². The number of benzene rings is 2. The number of thiazole rings is 1. The minimum absolute atomic E-state index is 0.0941. The third-order valence-electron chi connectivity index (χ3n) is 5.97. The van der Waals surface area contributed by atoms with Crippen LogP contribution in [0.25, 0.3) is 0 Å². The van der Waals surface area contributed by atoms with Gasteiger partial charge in [0.05, 0.1) is 13.2 Å². The van der Waals surface area contributed by atoms with E-state index in [9.17, 15) is 4.79 Å². The molecule has 2 aliphatic rings. The van der Waals surface area contributed by atoms with Gasteiger partial charge in [0.1, 0.15) is 0 Å². The second kappa shape index (κ2) is 9.58. The molecule has 0 unspecified atom stereocenters. The van der Waals surface area contributed by atoms with E-state index in [2.05, 4.69) is 37.1 Å². The summed E-state index contributed by atoms with van der Waals surface area (Å²) in [5, 5.41) is 6.13. The lowest BCUT2D eigenvalue weighted by atomic mass is 10.1. The predicted octanol–water partition coefficient (Wildman–Crippen LogP) is 3.56. The minimum Gasteiger partial charge on any atom is -0.378 e. The van der Waals surface area contributed by atoms with E-state index in [0.29, 0.717) is 5.56 Å². The van der Waals surface area contributed by atoms with Crippen LogP contribution >= 0.6 is 11.3 Å². The van der Waals surface area contributed by atoms with Crippen molar-refractivity contribution < 1.29 is 9.53 Å². The number of piperazine rings is 1. The molecule has 0 radical (unpaired) electrons. The molecule has 32 heavy (non-hydrogen) atoms. The summed E-state index contributed by atoms with van der Waals surface area (Å²) in [6.07, 6.45) is 1.86. The molecule has 2 aromatic carbocycles. The van der Waals surface area contributed by atoms with Gasteiger partial charge in [0.2, 0.25) is 0 Å². The Morgan fingerprint density at radius 2 is 1.41 bits per heavy atom. The largest absolute Gasteiger partial charge is 0.378 e. The van der Waals surface area contributed by atoms with Crippen molar-refractivity contribution in [1.29, 1.82) is 0 Å². The zero-order valence-corrected chi connectivity index (χ0v) is 18.8. The van der Waals surface area contributed by atoms with Crippen molar-refractivity contribution in [1.82, 2.24) is 4.98 Å². The average molecular weight is 450 g/mol. The van der Waals surface area contributed by atoms with Crippen LogP contribution in [-0.4, -0.2) is 63.4 Å². The Morgan fingerprint density at radius 3 is 2.03 bits per heavy atom. The van der Waals surface area contributed by atoms with Crippen LogP contribution in [0, 0.1) is 0 Å². The molecule has 0 atom stereocenters. The number of rotatable bonds is 5. The Hall–Kier alpha value is -3.10. The average Bonchev–Trinajstić information content (AvgIpc) is 3.40. The molecule has 1 N–H and O–H groups in total. The summed E-state index contributed by atoms with van der Waals surface area (Å²) in [4.78, 5) is 24.1. The van der Waals surface area contributed by atoms with Gasteiger partial charge in [-0.25, -0.2) is 4.98 Å². The van der Waals surface area contributed by atoms with Crippen LogP contribution in [0.5, 0.6) is 0 Å². The van der Waals surface area contributed by atoms with Crippen LogP contribution in [0.4, 0.5) is 22.2 Å². The first kappa shape index (κ1) is 20.8. The second-order valence-corrected chi connectivity index (χ2v) is 8.81. The van der Waals surface area contributed by atoms with Crippen LogP contribution < -0.4 is 20.0 Å². The summed E-state index contributed by atoms with van der Waals surface area (Å²) in [7, 11) is 0. The highest BCUT2D eigenvalue weighted by Crippen LogP contribution is 2.24. The molecule has 8 heteroatoms. The van der Waals surface area contributed by atoms with E-state index in [1.54, 1.807) is 11.3 Å². The van der Waals surface area contributed by atoms with Crippen LogP contribution in [0.1, 0.15) is 10.4 Å². The molecule has 2 aliphatic heterocycles. The van der Waals surface area contributed by atoms with Crippen molar-refractivity contribution in [3.8, 4) is 0 Å². The molecular formula is C24H27N5O2S. The van der Waals surface area contributed by atoms with Gasteiger partial charge in [0, 0.05) is 73.5 Å². The highest BCUT2D eigenvalue weighted by molar-refractivity contribution is 7.13. The van der Waals surface area contributed by atoms with Crippen LogP contribution in [0.3, 0.4) is 0 Å². The summed E-state index contributed by atoms with van der Waals surface area (Å²) in [5.41, 5.74) is 3.77. The number of morpholine rings is 1. The van der Waals surface area contributed by atoms with Crippen LogP contribution in [-0.2, 0) is 4.74 Å². The fourth-order valence-electron chi connectivity index (χ4n) is 4.13. The Balaban J connectivity index is 1.15. The van der Waals surface area contributed by atoms with E-state index in [4.69, 9.17) is 4.74 Å². The van der Waals surface area contributed by atoms with Crippen molar-refractivity contribution in [2.24, 2.45) is 0 Å². The zero-order chi connectivity index (χ0) is 21.8. The quantitative estimate of drug-likeness (QED) is 0.643. The number of nitrogens with zero attached hydrogens (tertiary/aromatic N) is 4. The maximum absolute atomic E-state index is 12.7. The molecule has 0 aliphatic carbocycles. The molecule has 1 amide bonds. The number of anilines is 4. The molecular weight excluding hydrogens is 422 g/mol. The number of nitrogens with one attached hydrogen (secondary N) is 1. The van der Waals surface area contributed by atoms with Crippen LogP contribution in [0.15, 0.2) is 60.1 Å². The number of aromatic nitrogens is 1. The smallest absolute Gasteiger partial charge is 0.255 e. The van der Waals surface area contributed by atoms with Gasteiger partial charge >= 0.3 is 0 Å². The van der Waals surface area contributed by atoms with Gasteiger partial charge in [-0.05, 0) is 48.5 Å². The second-order valence-electron chi connectivity index (χ2n) is 7.94. The van der Waals surface area contributed by atoms with E-state index in [1.165, 1.54) is 5.69 Å². The van der Waals surface area contributed by atoms with E-state index < -0.39 is 0 Å². The Kier molecular flexibility index (Phi) is 6.22. The molecule has 7 nitrogen and oxygen atoms in total. The zero-order valence-electron chi connectivity index (χ0n) is 17.9. The molecule has 0 bridgehead atoms. The Bertz CT molecular complexity index is 1010. The molecule has 3 aromatic rings. The monoisotopic (exact) mass is 449 g/mol. The maximum atomic E-state index is 12.7. The van der Waals surface area contributed by atoms with Crippen molar-refractivity contribution in [3.05, 3.63) is 65.7 Å². The lowest BCUT2D eigenvalue weighted by molar-refractivity contribution is 0.102. The van der Waals surface area contributed by atoms with Gasteiger partial charge in [-0.15, -0.1) is 11.3 Å². The molecule has 2 saturated heterocycles. The highest BCUT2D eigenvalue weighted by atomic mass is 32.1. The molecule has 2 fully saturated rings. The van der Waals surface area contributed by atoms with E-state index >= 15 is 0 Å². The normalized spacial score (nSPS) is 16.8. The highest BCUT2D eigenvalue weighted by Gasteiger charge is 2.19. The van der Waals surface area contributed by atoms with Gasteiger partial charge in [0.25, 0.3) is 5.91 Å². The Labute approximate surface area is 192 Å². The predicted molar refractivity (Wildman–Crippen MR) is 130 cm³/mol. The third kappa shape index (κ3) is 4.71. The molecule has 0 spiro atoms. The number of ether oxygens (including phenoxy) is 1. The lowest BCUT2D eigenvalue weighted by Gasteiger charge is -2.36. The number of amides is 1. The number of hydrogen-bond donors (Lipinski definition) is 1. The number of carbonyl (C=O) groups is 1. The van der Waals surface area contributed by atoms with Crippen LogP contribution in [0.2, 0.25) is 0 Å². The van der Waals surface area contributed by atoms with E-state index in [1.807, 2.05) is 48.0 Å². The summed E-state index contributed by atoms with van der Waals surface area (Å²) in [5.74, 6) is -0.0941. The van der Waals surface area contributed by atoms with Crippen molar-refractivity contribution >= 4 is 39.4 Å². The molecule has 1 aromatic heterocycles. The van der Waals surface area contributed by atoms with Gasteiger partial charge in [-0.1, -0.05) is 0 Å². The van der Waals surface area contributed by atoms with Gasteiger partial charge in [-0.3, -0.25) is 4.79 Å². The van der Waals surface area contributed by atoms with Crippen molar-refractivity contribution in [2.45, 2.75) is 0 Å². The van der Waals surface area contributed by atoms with Crippen molar-refractivity contribution in [2.75, 3.05) is 72.5 Å². The molecule has 166 valence electrons. The van der Waals surface area contributed by atoms with Gasteiger partial charge in [-0.2, -0.15) is 0 Å². The summed E-state index contributed by atoms with van der Waals surface area (Å²) >= 11 is 1.69. The Morgan fingerprint density at radius 1 is 0.812 bits per heavy atom. The van der Waals surface area contributed by atoms with Gasteiger partial charge < -0.3 is 24.8 Å². The minimum atomic E-state index is -0.0941. The van der Waals surface area contributed by atoms with Gasteiger partial charge in [0.15, 0.2) is 5.13 Å². The molecule has 5 rings (SSSR count). The summed E-state index contributed by atoms with van der Waals surface area (Å²) in [6, 6.07) is 15.9. The number of hydrogen-bond acceptors (Lipinski definition) is 7. The fourth-order valence-corrected chi connectivity index (χ4v) is 4.83. The lowest BCUT2D eigenvalue weighted by Crippen LogP contribution is -2.46. The molecule has 3 heterocycles. The van der Waals surface area contributed by atoms with Crippen molar-refractivity contribution in [3.63, 3.8) is 0 Å². The summed E-state index contributed by atoms with van der Waals surface area (Å²) in [6.45, 7) is 7.12. The molecule has 0 saturated carbocycles. The first-order chi connectivity index (χ1) is 15.8. The van der Waals surface area contributed by atoms with E-state index in [0.717, 1.165) is 69.0 Å². The SMILES string of the molecule is O=C(Nc1ccc(N2CCN(c3nccs3)CC2)cc1)c1ccc(N2CCOCC2)cc1. The van der Waals surface area contributed by atoms with E-state index in [-0.39, 0.29) is 5.91 Å². The fraction of sp³-hybridized carbons (Fsp3) is 0.333. The maximum Gasteiger partial charge on any atom is 0.255 e. The summed E-state index contributed by atoms with van der Waals surface area (Å²) < 4.78 is 5.40. The first-order valence-electron chi connectivity index (χ1n) is 11.0. The first-order valence-corrected chi connectivity index (χ1v) is 11.9. The third-order valence-corrected chi connectivity index (χ3v) is 6.80.